The molecular formula is C16H13FN2O2. The predicted molar refractivity (Wildman–Crippen MR) is 77.5 cm³/mol. The number of rotatable bonds is 2. The first-order valence-electron chi connectivity index (χ1n) is 6.47. The molecule has 1 heterocycles. The molecule has 0 aliphatic rings. The summed E-state index contributed by atoms with van der Waals surface area (Å²) in [6.07, 6.45) is 0. The lowest BCUT2D eigenvalue weighted by Crippen LogP contribution is -2.01. The van der Waals surface area contributed by atoms with E-state index in [0.717, 1.165) is 5.52 Å². The van der Waals surface area contributed by atoms with Crippen molar-refractivity contribution in [3.63, 3.8) is 0 Å². The van der Waals surface area contributed by atoms with Crippen LogP contribution in [0.25, 0.3) is 16.7 Å². The Morgan fingerprint density at radius 3 is 2.71 bits per heavy atom. The molecule has 21 heavy (non-hydrogen) atoms. The summed E-state index contributed by atoms with van der Waals surface area (Å²) in [4.78, 5) is 15.4. The number of aromatic nitrogens is 2. The van der Waals surface area contributed by atoms with Gasteiger partial charge in [-0.3, -0.25) is 4.57 Å². The molecule has 1 N–H and O–H groups in total. The zero-order valence-electron chi connectivity index (χ0n) is 11.6. The van der Waals surface area contributed by atoms with E-state index in [4.69, 9.17) is 5.11 Å². The molecule has 0 bridgehead atoms. The topological polar surface area (TPSA) is 55.1 Å². The van der Waals surface area contributed by atoms with Crippen LogP contribution in [0.1, 0.15) is 21.7 Å². The smallest absolute Gasteiger partial charge is 0.335 e. The minimum absolute atomic E-state index is 0.183. The van der Waals surface area contributed by atoms with Crippen LogP contribution in [0.15, 0.2) is 36.4 Å². The van der Waals surface area contributed by atoms with Crippen LogP contribution < -0.4 is 0 Å². The van der Waals surface area contributed by atoms with E-state index in [-0.39, 0.29) is 11.4 Å². The largest absolute Gasteiger partial charge is 0.478 e. The fraction of sp³-hybridized carbons (Fsp3) is 0.125. The Hall–Kier alpha value is -2.69. The molecule has 0 aliphatic heterocycles. The highest BCUT2D eigenvalue weighted by Crippen LogP contribution is 2.25. The number of aromatic carboxylic acids is 1. The first-order chi connectivity index (χ1) is 9.99. The van der Waals surface area contributed by atoms with E-state index in [2.05, 4.69) is 4.98 Å². The molecule has 0 saturated heterocycles. The lowest BCUT2D eigenvalue weighted by Gasteiger charge is -2.11. The summed E-state index contributed by atoms with van der Waals surface area (Å²) in [7, 11) is 0. The van der Waals surface area contributed by atoms with Gasteiger partial charge in [0.15, 0.2) is 0 Å². The fourth-order valence-electron chi connectivity index (χ4n) is 2.48. The lowest BCUT2D eigenvalue weighted by atomic mass is 10.1. The highest BCUT2D eigenvalue weighted by atomic mass is 19.1. The quantitative estimate of drug-likeness (QED) is 0.783. The van der Waals surface area contributed by atoms with Crippen molar-refractivity contribution in [1.82, 2.24) is 9.55 Å². The van der Waals surface area contributed by atoms with E-state index >= 15 is 0 Å². The normalized spacial score (nSPS) is 11.0. The number of nitrogens with zero attached hydrogens (tertiary/aromatic N) is 2. The molecule has 0 spiro atoms. The molecule has 5 heteroatoms. The predicted octanol–water partition coefficient (Wildman–Crippen LogP) is 3.48. The average molecular weight is 284 g/mol. The van der Waals surface area contributed by atoms with Crippen LogP contribution in [-0.4, -0.2) is 20.6 Å². The number of fused-ring (bicyclic) bond motifs is 1. The van der Waals surface area contributed by atoms with Crippen molar-refractivity contribution < 1.29 is 14.3 Å². The van der Waals surface area contributed by atoms with Gasteiger partial charge >= 0.3 is 5.97 Å². The monoisotopic (exact) mass is 284 g/mol. The summed E-state index contributed by atoms with van der Waals surface area (Å²) >= 11 is 0. The van der Waals surface area contributed by atoms with Crippen molar-refractivity contribution in [2.45, 2.75) is 13.8 Å². The Bertz CT molecular complexity index is 868. The highest BCUT2D eigenvalue weighted by molar-refractivity contribution is 5.92. The van der Waals surface area contributed by atoms with Crippen LogP contribution >= 0.6 is 0 Å². The van der Waals surface area contributed by atoms with Crippen LogP contribution in [0.4, 0.5) is 4.39 Å². The number of hydrogen-bond donors (Lipinski definition) is 1. The number of halogens is 1. The van der Waals surface area contributed by atoms with Crippen molar-refractivity contribution in [2.24, 2.45) is 0 Å². The summed E-state index contributed by atoms with van der Waals surface area (Å²) in [5.41, 5.74) is 2.76. The molecular weight excluding hydrogens is 271 g/mol. The van der Waals surface area contributed by atoms with Crippen molar-refractivity contribution in [2.75, 3.05) is 0 Å². The van der Waals surface area contributed by atoms with E-state index in [1.165, 1.54) is 18.2 Å². The molecule has 4 nitrogen and oxygen atoms in total. The maximum Gasteiger partial charge on any atom is 0.335 e. The third-order valence-electron chi connectivity index (χ3n) is 3.55. The van der Waals surface area contributed by atoms with Crippen molar-refractivity contribution in [3.8, 4) is 5.69 Å². The van der Waals surface area contributed by atoms with Crippen LogP contribution in [-0.2, 0) is 0 Å². The van der Waals surface area contributed by atoms with Crippen molar-refractivity contribution in [3.05, 3.63) is 59.2 Å². The maximum absolute atomic E-state index is 13.8. The molecule has 0 saturated carbocycles. The van der Waals surface area contributed by atoms with Crippen LogP contribution in [0.3, 0.4) is 0 Å². The second kappa shape index (κ2) is 4.70. The summed E-state index contributed by atoms with van der Waals surface area (Å²) in [6.45, 7) is 3.52. The standard InChI is InChI=1S/C16H13FN2O2/c1-9-12(17)4-3-5-14(9)19-10(2)18-13-8-11(16(20)21)6-7-15(13)19/h3-8H,1-2H3,(H,20,21). The fourth-order valence-corrected chi connectivity index (χ4v) is 2.48. The number of imidazole rings is 1. The van der Waals surface area contributed by atoms with Gasteiger partial charge in [-0.05, 0) is 44.2 Å². The van der Waals surface area contributed by atoms with Crippen molar-refractivity contribution >= 4 is 17.0 Å². The molecule has 0 fully saturated rings. The van der Waals surface area contributed by atoms with Crippen molar-refractivity contribution in [1.29, 1.82) is 0 Å². The Kier molecular flexibility index (Phi) is 2.97. The van der Waals surface area contributed by atoms with Gasteiger partial charge in [0, 0.05) is 5.56 Å². The number of aryl methyl sites for hydroxylation is 1. The number of carbonyl (C=O) groups is 1. The van der Waals surface area contributed by atoms with Gasteiger partial charge in [-0.2, -0.15) is 0 Å². The second-order valence-corrected chi connectivity index (χ2v) is 4.89. The van der Waals surface area contributed by atoms with E-state index in [9.17, 15) is 9.18 Å². The van der Waals surface area contributed by atoms with Crippen LogP contribution in [0.2, 0.25) is 0 Å². The zero-order valence-corrected chi connectivity index (χ0v) is 11.6. The molecule has 0 radical (unpaired) electrons. The van der Waals surface area contributed by atoms with Gasteiger partial charge in [-0.15, -0.1) is 0 Å². The molecule has 3 rings (SSSR count). The minimum atomic E-state index is -0.994. The SMILES string of the molecule is Cc1c(F)cccc1-n1c(C)nc2cc(C(=O)O)ccc21. The van der Waals surface area contributed by atoms with Gasteiger partial charge in [0.2, 0.25) is 0 Å². The molecule has 0 aliphatic carbocycles. The van der Waals surface area contributed by atoms with Gasteiger partial charge in [-0.1, -0.05) is 6.07 Å². The summed E-state index contributed by atoms with van der Waals surface area (Å²) in [5, 5.41) is 9.03. The molecule has 106 valence electrons. The summed E-state index contributed by atoms with van der Waals surface area (Å²) < 4.78 is 15.6. The number of hydrogen-bond acceptors (Lipinski definition) is 2. The molecule has 0 amide bonds. The highest BCUT2D eigenvalue weighted by Gasteiger charge is 2.14. The number of carboxylic acids is 1. The second-order valence-electron chi connectivity index (χ2n) is 4.89. The lowest BCUT2D eigenvalue weighted by molar-refractivity contribution is 0.0697. The van der Waals surface area contributed by atoms with Gasteiger partial charge in [-0.25, -0.2) is 14.2 Å². The molecule has 0 atom stereocenters. The average Bonchev–Trinajstić information content (AvgIpc) is 2.77. The third kappa shape index (κ3) is 2.07. The molecule has 3 aromatic rings. The number of carboxylic acid groups (broad SMARTS) is 1. The van der Waals surface area contributed by atoms with E-state index < -0.39 is 5.97 Å². The molecule has 0 unspecified atom stereocenters. The van der Waals surface area contributed by atoms with Crippen LogP contribution in [0.5, 0.6) is 0 Å². The first kappa shape index (κ1) is 13.3. The zero-order chi connectivity index (χ0) is 15.1. The molecule has 1 aromatic heterocycles. The van der Waals surface area contributed by atoms with E-state index in [1.807, 2.05) is 17.6 Å². The Morgan fingerprint density at radius 2 is 2.00 bits per heavy atom. The van der Waals surface area contributed by atoms with E-state index in [0.29, 0.717) is 22.6 Å². The van der Waals surface area contributed by atoms with Gasteiger partial charge in [0.25, 0.3) is 0 Å². The summed E-state index contributed by atoms with van der Waals surface area (Å²) in [6, 6.07) is 9.62. The maximum atomic E-state index is 13.8. The summed E-state index contributed by atoms with van der Waals surface area (Å²) in [5.74, 6) is -0.594. The Morgan fingerprint density at radius 1 is 1.24 bits per heavy atom. The molecule has 2 aromatic carbocycles. The Balaban J connectivity index is 2.30. The Labute approximate surface area is 120 Å². The van der Waals surface area contributed by atoms with Gasteiger partial charge < -0.3 is 5.11 Å². The third-order valence-corrected chi connectivity index (χ3v) is 3.55. The van der Waals surface area contributed by atoms with Crippen LogP contribution in [0, 0.1) is 19.7 Å². The number of benzene rings is 2. The van der Waals surface area contributed by atoms with Gasteiger partial charge in [0.05, 0.1) is 22.3 Å². The minimum Gasteiger partial charge on any atom is -0.478 e. The first-order valence-corrected chi connectivity index (χ1v) is 6.47. The van der Waals surface area contributed by atoms with Gasteiger partial charge in [0.1, 0.15) is 11.6 Å². The van der Waals surface area contributed by atoms with E-state index in [1.54, 1.807) is 19.1 Å².